The van der Waals surface area contributed by atoms with Gasteiger partial charge in [-0.25, -0.2) is 0 Å². The van der Waals surface area contributed by atoms with Crippen molar-refractivity contribution >= 4 is 31.4 Å². The number of piperazine rings is 1. The normalized spacial score (nSPS) is 28.9. The number of hydrogen-bond donors (Lipinski definition) is 3. The van der Waals surface area contributed by atoms with Crippen molar-refractivity contribution in [1.82, 2.24) is 9.62 Å². The van der Waals surface area contributed by atoms with E-state index in [1.807, 2.05) is 0 Å². The monoisotopic (exact) mass is 164 g/mol. The van der Waals surface area contributed by atoms with Crippen LogP contribution in [0.1, 0.15) is 0 Å². The van der Waals surface area contributed by atoms with Gasteiger partial charge in [0.25, 0.3) is 5.91 Å². The van der Waals surface area contributed by atoms with Crippen molar-refractivity contribution in [3.05, 3.63) is 0 Å². The van der Waals surface area contributed by atoms with E-state index < -0.39 is 0 Å². The minimum absolute atomic E-state index is 0.0760. The van der Waals surface area contributed by atoms with Crippen LogP contribution < -0.4 is 5.32 Å². The molecule has 1 amide bonds. The summed E-state index contributed by atoms with van der Waals surface area (Å²) in [7, 11) is 0. The molecule has 1 aliphatic heterocycles. The molecule has 0 saturated carbocycles. The van der Waals surface area contributed by atoms with Gasteiger partial charge in [-0.2, -0.15) is 12.6 Å². The Labute approximate surface area is 64.7 Å². The van der Waals surface area contributed by atoms with E-state index >= 15 is 0 Å². The van der Waals surface area contributed by atoms with Crippen molar-refractivity contribution in [2.24, 2.45) is 0 Å². The lowest BCUT2D eigenvalue weighted by atomic mass is 10.4. The molecule has 0 aromatic carbocycles. The largest absolute Gasteiger partial charge is 0.296 e. The van der Waals surface area contributed by atoms with Crippen molar-refractivity contribution < 1.29 is 4.79 Å². The summed E-state index contributed by atoms with van der Waals surface area (Å²) in [4.78, 5) is 10.8. The summed E-state index contributed by atoms with van der Waals surface area (Å²) in [6.45, 7) is 1.42. The summed E-state index contributed by atoms with van der Waals surface area (Å²) in [5.74, 6) is -0.0760. The number of rotatable bonds is 0. The van der Waals surface area contributed by atoms with Crippen LogP contribution in [0, 0.1) is 0 Å². The molecule has 1 rings (SSSR count). The first-order valence-electron chi connectivity index (χ1n) is 2.63. The van der Waals surface area contributed by atoms with Gasteiger partial charge < -0.3 is 0 Å². The highest BCUT2D eigenvalue weighted by Crippen LogP contribution is 2.05. The quantitative estimate of drug-likeness (QED) is 0.423. The Bertz CT molecular complexity index is 118. The standard InChI is InChI=1S/C4H8N2OS2/c7-4-3(8)5-1-2-6(4)9/h3,5,8-9H,1-2H2. The number of amides is 1. The van der Waals surface area contributed by atoms with E-state index in [4.69, 9.17) is 0 Å². The average Bonchev–Trinajstić information content (AvgIpc) is 1.83. The second-order valence-corrected chi connectivity index (χ2v) is 2.82. The van der Waals surface area contributed by atoms with E-state index in [-0.39, 0.29) is 11.3 Å². The van der Waals surface area contributed by atoms with Crippen LogP contribution in [0.5, 0.6) is 0 Å². The zero-order valence-electron chi connectivity index (χ0n) is 4.74. The van der Waals surface area contributed by atoms with E-state index in [1.165, 1.54) is 4.31 Å². The third-order valence-corrected chi connectivity index (χ3v) is 1.95. The van der Waals surface area contributed by atoms with E-state index in [2.05, 4.69) is 30.8 Å². The molecule has 0 spiro atoms. The molecule has 3 nitrogen and oxygen atoms in total. The Morgan fingerprint density at radius 1 is 1.78 bits per heavy atom. The molecule has 1 saturated heterocycles. The van der Waals surface area contributed by atoms with Gasteiger partial charge in [0.05, 0.1) is 0 Å². The number of carbonyl (C=O) groups excluding carboxylic acids is 1. The first-order chi connectivity index (χ1) is 4.22. The molecule has 1 fully saturated rings. The maximum absolute atomic E-state index is 10.8. The third kappa shape index (κ3) is 1.53. The average molecular weight is 164 g/mol. The topological polar surface area (TPSA) is 32.3 Å². The second-order valence-electron chi connectivity index (χ2n) is 1.82. The summed E-state index contributed by atoms with van der Waals surface area (Å²) in [6, 6.07) is 0. The van der Waals surface area contributed by atoms with Crippen LogP contribution >= 0.6 is 25.4 Å². The molecule has 9 heavy (non-hydrogen) atoms. The van der Waals surface area contributed by atoms with E-state index in [0.717, 1.165) is 6.54 Å². The van der Waals surface area contributed by atoms with Gasteiger partial charge >= 0.3 is 0 Å². The summed E-state index contributed by atoms with van der Waals surface area (Å²) in [5.41, 5.74) is 0. The fourth-order valence-electron chi connectivity index (χ4n) is 0.646. The van der Waals surface area contributed by atoms with Crippen molar-refractivity contribution in [3.63, 3.8) is 0 Å². The van der Waals surface area contributed by atoms with Gasteiger partial charge in [-0.15, -0.1) is 0 Å². The number of carbonyl (C=O) groups is 1. The predicted octanol–water partition coefficient (Wildman–Crippen LogP) is -0.481. The fraction of sp³-hybridized carbons (Fsp3) is 0.750. The highest BCUT2D eigenvalue weighted by atomic mass is 32.1. The Morgan fingerprint density at radius 3 is 2.89 bits per heavy atom. The van der Waals surface area contributed by atoms with Crippen LogP contribution in [0.15, 0.2) is 0 Å². The second kappa shape index (κ2) is 2.81. The lowest BCUT2D eigenvalue weighted by Crippen LogP contribution is -2.48. The van der Waals surface area contributed by atoms with Gasteiger partial charge in [0.1, 0.15) is 5.37 Å². The molecule has 1 unspecified atom stereocenters. The minimum atomic E-state index is -0.365. The van der Waals surface area contributed by atoms with Crippen molar-refractivity contribution in [2.75, 3.05) is 13.1 Å². The fourth-order valence-corrected chi connectivity index (χ4v) is 1.22. The lowest BCUT2D eigenvalue weighted by Gasteiger charge is -2.25. The van der Waals surface area contributed by atoms with Crippen LogP contribution in [0.2, 0.25) is 0 Å². The van der Waals surface area contributed by atoms with Crippen LogP contribution in [0.25, 0.3) is 0 Å². The van der Waals surface area contributed by atoms with E-state index in [1.54, 1.807) is 0 Å². The van der Waals surface area contributed by atoms with Crippen LogP contribution in [-0.4, -0.2) is 28.7 Å². The van der Waals surface area contributed by atoms with Crippen molar-refractivity contribution in [1.29, 1.82) is 0 Å². The smallest absolute Gasteiger partial charge is 0.259 e. The first-order valence-corrected chi connectivity index (χ1v) is 3.55. The van der Waals surface area contributed by atoms with E-state index in [0.29, 0.717) is 6.54 Å². The van der Waals surface area contributed by atoms with Gasteiger partial charge in [0.15, 0.2) is 0 Å². The zero-order valence-corrected chi connectivity index (χ0v) is 6.53. The number of thiol groups is 2. The Morgan fingerprint density at radius 2 is 2.44 bits per heavy atom. The molecule has 0 aromatic heterocycles. The molecule has 0 radical (unpaired) electrons. The predicted molar refractivity (Wildman–Crippen MR) is 41.5 cm³/mol. The molecule has 0 aromatic rings. The lowest BCUT2D eigenvalue weighted by molar-refractivity contribution is -0.127. The summed E-state index contributed by atoms with van der Waals surface area (Å²) >= 11 is 7.87. The zero-order chi connectivity index (χ0) is 6.85. The highest BCUT2D eigenvalue weighted by molar-refractivity contribution is 7.82. The molecule has 1 atom stereocenters. The van der Waals surface area contributed by atoms with Crippen molar-refractivity contribution in [2.45, 2.75) is 5.37 Å². The summed E-state index contributed by atoms with van der Waals surface area (Å²) < 4.78 is 1.37. The maximum Gasteiger partial charge on any atom is 0.259 e. The Hall–Kier alpha value is 0.130. The molecule has 0 aliphatic carbocycles. The molecule has 0 bridgehead atoms. The minimum Gasteiger partial charge on any atom is -0.296 e. The molecule has 1 heterocycles. The molecular formula is C4H8N2OS2. The van der Waals surface area contributed by atoms with Gasteiger partial charge in [-0.1, -0.05) is 12.8 Å². The third-order valence-electron chi connectivity index (χ3n) is 1.15. The van der Waals surface area contributed by atoms with Gasteiger partial charge in [0.2, 0.25) is 0 Å². The number of nitrogens with one attached hydrogen (secondary N) is 1. The first kappa shape index (κ1) is 7.24. The number of nitrogens with zero attached hydrogens (tertiary/aromatic N) is 1. The Kier molecular flexibility index (Phi) is 2.26. The SMILES string of the molecule is O=C1C(S)NCCN1S. The number of hydrogen-bond acceptors (Lipinski definition) is 4. The van der Waals surface area contributed by atoms with Crippen LogP contribution in [0.3, 0.4) is 0 Å². The maximum atomic E-state index is 10.8. The van der Waals surface area contributed by atoms with Gasteiger partial charge in [-0.05, 0) is 0 Å². The highest BCUT2D eigenvalue weighted by Gasteiger charge is 2.22. The summed E-state index contributed by atoms with van der Waals surface area (Å²) in [5, 5.41) is 2.52. The van der Waals surface area contributed by atoms with E-state index in [9.17, 15) is 4.79 Å². The molecule has 1 N–H and O–H groups in total. The van der Waals surface area contributed by atoms with Gasteiger partial charge in [0, 0.05) is 13.1 Å². The molecule has 52 valence electrons. The molecule has 5 heteroatoms. The molecule has 1 aliphatic rings. The van der Waals surface area contributed by atoms with Crippen LogP contribution in [-0.2, 0) is 4.79 Å². The Balaban J connectivity index is 2.52. The molecular weight excluding hydrogens is 156 g/mol. The van der Waals surface area contributed by atoms with Gasteiger partial charge in [-0.3, -0.25) is 14.4 Å². The van der Waals surface area contributed by atoms with Crippen molar-refractivity contribution in [3.8, 4) is 0 Å². The summed E-state index contributed by atoms with van der Waals surface area (Å²) in [6.07, 6.45) is 0. The van der Waals surface area contributed by atoms with Crippen LogP contribution in [0.4, 0.5) is 0 Å².